The molecule has 0 radical (unpaired) electrons. The third kappa shape index (κ3) is 2.22. The molecule has 110 valence electrons. The number of nitrogens with one attached hydrogen (secondary N) is 2. The largest absolute Gasteiger partial charge is 0.290 e. The van der Waals surface area contributed by atoms with Gasteiger partial charge in [0.15, 0.2) is 0 Å². The minimum Gasteiger partial charge on any atom is -0.290 e. The van der Waals surface area contributed by atoms with Gasteiger partial charge in [-0.3, -0.25) is 10.2 Å². The summed E-state index contributed by atoms with van der Waals surface area (Å²) in [5.74, 6) is 2.36. The van der Waals surface area contributed by atoms with E-state index >= 15 is 0 Å². The number of amides is 1. The Bertz CT molecular complexity index is 418. The standard InChI is InChI=1S/C16H25N3O/c1-3-15(2,10-17)14(20)18-19-16-7-11-4-12(8-16)6-13(5-11)9-16/h11-13,19H,3-9H2,1-2H3,(H,18,20). The predicted octanol–water partition coefficient (Wildman–Crippen LogP) is 2.52. The Balaban J connectivity index is 1.64. The molecule has 0 aliphatic heterocycles. The fourth-order valence-electron chi connectivity index (χ4n) is 4.88. The van der Waals surface area contributed by atoms with Crippen LogP contribution >= 0.6 is 0 Å². The van der Waals surface area contributed by atoms with Crippen LogP contribution in [0.25, 0.3) is 0 Å². The fraction of sp³-hybridized carbons (Fsp3) is 0.875. The minimum absolute atomic E-state index is 0.106. The second-order valence-electron chi connectivity index (χ2n) is 7.57. The molecule has 0 saturated heterocycles. The number of nitriles is 1. The maximum absolute atomic E-state index is 12.2. The molecule has 0 aromatic heterocycles. The van der Waals surface area contributed by atoms with Gasteiger partial charge in [0, 0.05) is 5.54 Å². The maximum Gasteiger partial charge on any atom is 0.254 e. The van der Waals surface area contributed by atoms with E-state index in [1.807, 2.05) is 6.92 Å². The van der Waals surface area contributed by atoms with Crippen molar-refractivity contribution in [2.75, 3.05) is 0 Å². The molecule has 1 atom stereocenters. The number of nitrogens with zero attached hydrogens (tertiary/aromatic N) is 1. The van der Waals surface area contributed by atoms with Gasteiger partial charge in [0.25, 0.3) is 5.91 Å². The van der Waals surface area contributed by atoms with Gasteiger partial charge in [-0.15, -0.1) is 0 Å². The highest BCUT2D eigenvalue weighted by Crippen LogP contribution is 2.55. The first-order chi connectivity index (χ1) is 9.48. The molecule has 20 heavy (non-hydrogen) atoms. The molecule has 0 aromatic rings. The molecule has 0 aromatic carbocycles. The molecule has 4 saturated carbocycles. The molecule has 4 aliphatic rings. The van der Waals surface area contributed by atoms with Gasteiger partial charge < -0.3 is 0 Å². The number of carbonyl (C=O) groups excluding carboxylic acids is 1. The maximum atomic E-state index is 12.2. The van der Waals surface area contributed by atoms with Gasteiger partial charge in [-0.2, -0.15) is 5.26 Å². The van der Waals surface area contributed by atoms with Crippen molar-refractivity contribution in [2.45, 2.75) is 64.3 Å². The topological polar surface area (TPSA) is 64.9 Å². The average molecular weight is 275 g/mol. The van der Waals surface area contributed by atoms with E-state index in [0.717, 1.165) is 17.8 Å². The van der Waals surface area contributed by atoms with Crippen molar-refractivity contribution in [3.05, 3.63) is 0 Å². The molecule has 1 amide bonds. The highest BCUT2D eigenvalue weighted by Gasteiger charge is 2.51. The average Bonchev–Trinajstić information content (AvgIpc) is 2.42. The van der Waals surface area contributed by atoms with Crippen molar-refractivity contribution < 1.29 is 4.79 Å². The van der Waals surface area contributed by atoms with Gasteiger partial charge in [-0.25, -0.2) is 5.43 Å². The van der Waals surface area contributed by atoms with Crippen LogP contribution < -0.4 is 10.9 Å². The van der Waals surface area contributed by atoms with Crippen molar-refractivity contribution in [1.82, 2.24) is 10.9 Å². The van der Waals surface area contributed by atoms with Crippen LogP contribution in [0.15, 0.2) is 0 Å². The van der Waals surface area contributed by atoms with E-state index < -0.39 is 5.41 Å². The first kappa shape index (κ1) is 13.9. The van der Waals surface area contributed by atoms with Crippen LogP contribution in [0.1, 0.15) is 58.8 Å². The summed E-state index contributed by atoms with van der Waals surface area (Å²) in [5, 5.41) is 9.18. The van der Waals surface area contributed by atoms with Crippen LogP contribution in [0, 0.1) is 34.5 Å². The van der Waals surface area contributed by atoms with Crippen molar-refractivity contribution in [3.8, 4) is 6.07 Å². The Morgan fingerprint density at radius 3 is 2.15 bits per heavy atom. The minimum atomic E-state index is -0.921. The summed E-state index contributed by atoms with van der Waals surface area (Å²) in [6.07, 6.45) is 8.27. The van der Waals surface area contributed by atoms with Crippen molar-refractivity contribution in [1.29, 1.82) is 5.26 Å². The fourth-order valence-corrected chi connectivity index (χ4v) is 4.88. The van der Waals surface area contributed by atoms with Crippen LogP contribution in [0.2, 0.25) is 0 Å². The highest BCUT2D eigenvalue weighted by molar-refractivity contribution is 5.84. The molecular weight excluding hydrogens is 250 g/mol. The lowest BCUT2D eigenvalue weighted by molar-refractivity contribution is -0.130. The zero-order chi connectivity index (χ0) is 14.4. The Morgan fingerprint density at radius 1 is 1.25 bits per heavy atom. The van der Waals surface area contributed by atoms with E-state index in [2.05, 4.69) is 16.9 Å². The second kappa shape index (κ2) is 4.73. The molecule has 2 N–H and O–H groups in total. The second-order valence-corrected chi connectivity index (χ2v) is 7.57. The SMILES string of the molecule is CCC(C)(C#N)C(=O)NNC12CC3CC(CC(C3)C1)C2. The first-order valence-electron chi connectivity index (χ1n) is 7.97. The zero-order valence-corrected chi connectivity index (χ0v) is 12.5. The lowest BCUT2D eigenvalue weighted by Gasteiger charge is -2.56. The molecule has 4 nitrogen and oxygen atoms in total. The highest BCUT2D eigenvalue weighted by atomic mass is 16.2. The normalized spacial score (nSPS) is 41.0. The van der Waals surface area contributed by atoms with Gasteiger partial charge in [0.2, 0.25) is 0 Å². The van der Waals surface area contributed by atoms with E-state index in [1.54, 1.807) is 6.92 Å². The lowest BCUT2D eigenvalue weighted by Crippen LogP contribution is -2.63. The Morgan fingerprint density at radius 2 is 1.75 bits per heavy atom. The van der Waals surface area contributed by atoms with E-state index in [1.165, 1.54) is 38.5 Å². The Hall–Kier alpha value is -1.08. The van der Waals surface area contributed by atoms with Crippen LogP contribution in [-0.2, 0) is 4.79 Å². The first-order valence-corrected chi connectivity index (χ1v) is 7.97. The van der Waals surface area contributed by atoms with Crippen molar-refractivity contribution in [3.63, 3.8) is 0 Å². The van der Waals surface area contributed by atoms with Crippen LogP contribution in [0.3, 0.4) is 0 Å². The van der Waals surface area contributed by atoms with Crippen LogP contribution in [-0.4, -0.2) is 11.4 Å². The van der Waals surface area contributed by atoms with Crippen molar-refractivity contribution >= 4 is 5.91 Å². The monoisotopic (exact) mass is 275 g/mol. The molecule has 0 heterocycles. The number of rotatable bonds is 4. The molecule has 4 rings (SSSR count). The summed E-state index contributed by atoms with van der Waals surface area (Å²) in [4.78, 5) is 12.2. The third-order valence-corrected chi connectivity index (χ3v) is 5.93. The summed E-state index contributed by atoms with van der Waals surface area (Å²) in [6, 6.07) is 2.13. The Kier molecular flexibility index (Phi) is 3.29. The third-order valence-electron chi connectivity index (χ3n) is 5.93. The van der Waals surface area contributed by atoms with E-state index in [9.17, 15) is 10.1 Å². The van der Waals surface area contributed by atoms with Gasteiger partial charge >= 0.3 is 0 Å². The summed E-state index contributed by atoms with van der Waals surface area (Å²) in [6.45, 7) is 3.59. The number of hydrogen-bond acceptors (Lipinski definition) is 3. The number of hydrogen-bond donors (Lipinski definition) is 2. The van der Waals surface area contributed by atoms with E-state index in [0.29, 0.717) is 6.42 Å². The number of hydrazine groups is 1. The summed E-state index contributed by atoms with van der Waals surface area (Å²) < 4.78 is 0. The van der Waals surface area contributed by atoms with Crippen molar-refractivity contribution in [2.24, 2.45) is 23.2 Å². The summed E-state index contributed by atoms with van der Waals surface area (Å²) >= 11 is 0. The van der Waals surface area contributed by atoms with Gasteiger partial charge in [-0.1, -0.05) is 6.92 Å². The smallest absolute Gasteiger partial charge is 0.254 e. The molecule has 4 bridgehead atoms. The van der Waals surface area contributed by atoms with E-state index in [-0.39, 0.29) is 11.4 Å². The number of carbonyl (C=O) groups is 1. The molecule has 4 heteroatoms. The van der Waals surface area contributed by atoms with Crippen LogP contribution in [0.5, 0.6) is 0 Å². The van der Waals surface area contributed by atoms with E-state index in [4.69, 9.17) is 0 Å². The Labute approximate surface area is 121 Å². The zero-order valence-electron chi connectivity index (χ0n) is 12.5. The summed E-state index contributed by atoms with van der Waals surface area (Å²) in [5.41, 5.74) is 5.41. The van der Waals surface area contributed by atoms with Gasteiger partial charge in [0.05, 0.1) is 6.07 Å². The molecule has 0 spiro atoms. The lowest BCUT2D eigenvalue weighted by atomic mass is 9.53. The van der Waals surface area contributed by atoms with Gasteiger partial charge in [0.1, 0.15) is 5.41 Å². The molecular formula is C16H25N3O. The molecule has 4 fully saturated rings. The quantitative estimate of drug-likeness (QED) is 0.775. The molecule has 1 unspecified atom stereocenters. The van der Waals surface area contributed by atoms with Gasteiger partial charge in [-0.05, 0) is 69.6 Å². The molecule has 4 aliphatic carbocycles. The summed E-state index contributed by atoms with van der Waals surface area (Å²) in [7, 11) is 0. The van der Waals surface area contributed by atoms with Crippen LogP contribution in [0.4, 0.5) is 0 Å². The predicted molar refractivity (Wildman–Crippen MR) is 76.2 cm³/mol.